The molecule has 2 aromatic rings. The molecule has 2 rings (SSSR count). The van der Waals surface area contributed by atoms with E-state index in [9.17, 15) is 29.5 Å². The van der Waals surface area contributed by atoms with Crippen LogP contribution in [0.15, 0.2) is 40.8 Å². The highest BCUT2D eigenvalue weighted by molar-refractivity contribution is 5.92. The van der Waals surface area contributed by atoms with Crippen molar-refractivity contribution in [3.8, 4) is 11.3 Å². The minimum absolute atomic E-state index is 0.0487. The lowest BCUT2D eigenvalue weighted by Crippen LogP contribution is -2.47. The minimum atomic E-state index is -1.04. The predicted molar refractivity (Wildman–Crippen MR) is 137 cm³/mol. The Hall–Kier alpha value is -3.66. The number of hydrogen-bond donors (Lipinski definition) is 4. The van der Waals surface area contributed by atoms with E-state index in [1.54, 1.807) is 51.1 Å². The van der Waals surface area contributed by atoms with E-state index in [4.69, 9.17) is 4.42 Å². The highest BCUT2D eigenvalue weighted by Crippen LogP contribution is 2.28. The van der Waals surface area contributed by atoms with Crippen molar-refractivity contribution in [3.05, 3.63) is 47.7 Å². The number of hydrogen-bond acceptors (Lipinski definition) is 6. The van der Waals surface area contributed by atoms with Crippen LogP contribution in [0.1, 0.15) is 75.9 Å². The topological polar surface area (TPSA) is 149 Å². The molecule has 0 spiro atoms. The third kappa shape index (κ3) is 7.66. The quantitative estimate of drug-likeness (QED) is 0.0923. The van der Waals surface area contributed by atoms with Crippen LogP contribution in [0, 0.1) is 5.92 Å². The molecule has 2 unspecified atom stereocenters. The lowest BCUT2D eigenvalue weighted by molar-refractivity contribution is -0.168. The van der Waals surface area contributed by atoms with Gasteiger partial charge in [0.15, 0.2) is 5.76 Å². The average Bonchev–Trinajstić information content (AvgIpc) is 3.38. The zero-order chi connectivity index (χ0) is 27.6. The number of amides is 3. The number of carbonyl (C=O) groups excluding carboxylic acids is 3. The number of aliphatic carboxylic acids is 1. The fraction of sp³-hybridized carbons (Fsp3) is 0.481. The summed E-state index contributed by atoms with van der Waals surface area (Å²) >= 11 is 0. The van der Waals surface area contributed by atoms with Crippen molar-refractivity contribution < 1.29 is 33.9 Å². The Morgan fingerprint density at radius 1 is 1.05 bits per heavy atom. The second kappa shape index (κ2) is 13.6. The van der Waals surface area contributed by atoms with Gasteiger partial charge in [-0.2, -0.15) is 0 Å². The van der Waals surface area contributed by atoms with E-state index < -0.39 is 29.3 Å². The molecule has 0 aliphatic heterocycles. The molecular weight excluding hydrogens is 478 g/mol. The van der Waals surface area contributed by atoms with Gasteiger partial charge in [0.25, 0.3) is 5.91 Å². The molecule has 0 aliphatic rings. The van der Waals surface area contributed by atoms with Crippen molar-refractivity contribution in [3.63, 3.8) is 0 Å². The molecule has 10 nitrogen and oxygen atoms in total. The van der Waals surface area contributed by atoms with E-state index in [0.29, 0.717) is 41.2 Å². The van der Waals surface area contributed by atoms with Gasteiger partial charge in [0.05, 0.1) is 24.0 Å². The molecule has 0 bridgehead atoms. The van der Waals surface area contributed by atoms with Gasteiger partial charge in [-0.25, -0.2) is 5.06 Å². The first-order valence-corrected chi connectivity index (χ1v) is 12.5. The fourth-order valence-electron chi connectivity index (χ4n) is 4.07. The summed E-state index contributed by atoms with van der Waals surface area (Å²) in [6.45, 7) is 6.92. The third-order valence-corrected chi connectivity index (χ3v) is 6.55. The van der Waals surface area contributed by atoms with Crippen LogP contribution in [0.5, 0.6) is 0 Å². The van der Waals surface area contributed by atoms with Crippen LogP contribution in [-0.2, 0) is 19.8 Å². The predicted octanol–water partition coefficient (Wildman–Crippen LogP) is 3.94. The molecule has 2 atom stereocenters. The van der Waals surface area contributed by atoms with Crippen molar-refractivity contribution in [2.24, 2.45) is 5.92 Å². The number of rotatable bonds is 15. The number of benzene rings is 1. The molecule has 3 amide bonds. The van der Waals surface area contributed by atoms with Crippen LogP contribution >= 0.6 is 0 Å². The summed E-state index contributed by atoms with van der Waals surface area (Å²) in [4.78, 5) is 47.9. The molecule has 0 saturated carbocycles. The van der Waals surface area contributed by atoms with Gasteiger partial charge in [0, 0.05) is 5.56 Å². The lowest BCUT2D eigenvalue weighted by atomic mass is 9.84. The highest BCUT2D eigenvalue weighted by atomic mass is 16.5. The van der Waals surface area contributed by atoms with E-state index in [0.717, 1.165) is 19.3 Å². The summed E-state index contributed by atoms with van der Waals surface area (Å²) in [6, 6.07) is 9.36. The molecule has 0 aliphatic carbocycles. The minimum Gasteiger partial charge on any atom is -0.481 e. The highest BCUT2D eigenvalue weighted by Gasteiger charge is 2.31. The Labute approximate surface area is 217 Å². The average molecular weight is 516 g/mol. The maximum atomic E-state index is 12.8. The molecule has 202 valence electrons. The van der Waals surface area contributed by atoms with Crippen LogP contribution < -0.4 is 10.6 Å². The first-order valence-electron chi connectivity index (χ1n) is 12.5. The molecule has 10 heteroatoms. The van der Waals surface area contributed by atoms with Crippen LogP contribution in [0.25, 0.3) is 11.3 Å². The Morgan fingerprint density at radius 2 is 1.73 bits per heavy atom. The maximum Gasteiger partial charge on any atom is 0.313 e. The van der Waals surface area contributed by atoms with Gasteiger partial charge < -0.3 is 20.2 Å². The number of carbonyl (C=O) groups is 4. The fourth-order valence-corrected chi connectivity index (χ4v) is 4.07. The Bertz CT molecular complexity index is 1060. The van der Waals surface area contributed by atoms with Crippen molar-refractivity contribution in [1.29, 1.82) is 0 Å². The summed E-state index contributed by atoms with van der Waals surface area (Å²) in [5, 5.41) is 25.1. The summed E-state index contributed by atoms with van der Waals surface area (Å²) in [7, 11) is 0. The molecule has 1 aromatic heterocycles. The molecule has 0 saturated heterocycles. The number of nitrogens with one attached hydrogen (secondary N) is 2. The second-order valence-corrected chi connectivity index (χ2v) is 9.46. The molecule has 0 radical (unpaired) electrons. The van der Waals surface area contributed by atoms with E-state index in [1.165, 1.54) is 6.07 Å². The number of carboxylic acid groups (broad SMARTS) is 1. The number of nitrogens with zero attached hydrogens (tertiary/aromatic N) is 1. The van der Waals surface area contributed by atoms with Crippen LogP contribution in [0.3, 0.4) is 0 Å². The lowest BCUT2D eigenvalue weighted by Gasteiger charge is -2.29. The summed E-state index contributed by atoms with van der Waals surface area (Å²) in [6.07, 6.45) is 3.85. The van der Waals surface area contributed by atoms with Gasteiger partial charge in [-0.3, -0.25) is 24.4 Å². The number of furan rings is 1. The second-order valence-electron chi connectivity index (χ2n) is 9.46. The molecular formula is C27H37N3O7. The smallest absolute Gasteiger partial charge is 0.313 e. The maximum absolute atomic E-state index is 12.8. The van der Waals surface area contributed by atoms with Crippen LogP contribution in [0.2, 0.25) is 0 Å². The van der Waals surface area contributed by atoms with Gasteiger partial charge in [0.2, 0.25) is 12.3 Å². The Balaban J connectivity index is 1.99. The molecule has 0 fully saturated rings. The van der Waals surface area contributed by atoms with Gasteiger partial charge in [-0.15, -0.1) is 0 Å². The first kappa shape index (κ1) is 29.6. The monoisotopic (exact) mass is 515 g/mol. The van der Waals surface area contributed by atoms with Gasteiger partial charge in [-0.1, -0.05) is 57.4 Å². The molecule has 1 heterocycles. The molecule has 37 heavy (non-hydrogen) atoms. The zero-order valence-electron chi connectivity index (χ0n) is 21.8. The van der Waals surface area contributed by atoms with Crippen molar-refractivity contribution in [2.45, 2.75) is 71.3 Å². The van der Waals surface area contributed by atoms with Gasteiger partial charge in [-0.05, 0) is 44.4 Å². The van der Waals surface area contributed by atoms with Crippen LogP contribution in [0.4, 0.5) is 0 Å². The molecule has 4 N–H and O–H groups in total. The Kier molecular flexibility index (Phi) is 10.9. The first-order chi connectivity index (χ1) is 17.6. The van der Waals surface area contributed by atoms with Crippen molar-refractivity contribution >= 4 is 24.2 Å². The van der Waals surface area contributed by atoms with Gasteiger partial charge in [0.1, 0.15) is 5.76 Å². The molecule has 1 aromatic carbocycles. The largest absolute Gasteiger partial charge is 0.481 e. The van der Waals surface area contributed by atoms with Crippen molar-refractivity contribution in [1.82, 2.24) is 15.7 Å². The zero-order valence-corrected chi connectivity index (χ0v) is 21.8. The van der Waals surface area contributed by atoms with E-state index in [2.05, 4.69) is 10.6 Å². The van der Waals surface area contributed by atoms with Crippen LogP contribution in [-0.4, -0.2) is 52.3 Å². The summed E-state index contributed by atoms with van der Waals surface area (Å²) in [5.41, 5.74) is 0.285. The standard InChI is InChI=1S/C27H37N3O7/c1-5-7-8-9-20(21(6-2)30(36)17-31)24(32)28-16-29-25(33)23-15-14-22(37-23)18-10-12-19(13-11-18)27(3,4)26(34)35/h10-15,17,20-21,36H,5-9,16H2,1-4H3,(H,28,32)(H,29,33)(H,34,35). The number of hydroxylamine groups is 2. The Morgan fingerprint density at radius 3 is 2.30 bits per heavy atom. The van der Waals surface area contributed by atoms with Gasteiger partial charge >= 0.3 is 5.97 Å². The summed E-state index contributed by atoms with van der Waals surface area (Å²) in [5.74, 6) is -1.96. The van der Waals surface area contributed by atoms with Crippen molar-refractivity contribution in [2.75, 3.05) is 6.67 Å². The van der Waals surface area contributed by atoms with E-state index >= 15 is 0 Å². The number of unbranched alkanes of at least 4 members (excludes halogenated alkanes) is 2. The number of carboxylic acids is 1. The summed E-state index contributed by atoms with van der Waals surface area (Å²) < 4.78 is 5.66. The van der Waals surface area contributed by atoms with E-state index in [-0.39, 0.29) is 18.3 Å². The van der Waals surface area contributed by atoms with E-state index in [1.807, 2.05) is 6.92 Å². The third-order valence-electron chi connectivity index (χ3n) is 6.55. The normalized spacial score (nSPS) is 12.9. The SMILES string of the molecule is CCCCCC(C(=O)NCNC(=O)c1ccc(-c2ccc(C(C)(C)C(=O)O)cc2)o1)C(CC)N(O)C=O.